The van der Waals surface area contributed by atoms with Crippen molar-refractivity contribution < 1.29 is 39.6 Å². The zero-order valence-electron chi connectivity index (χ0n) is 19.8. The lowest BCUT2D eigenvalue weighted by Gasteiger charge is -2.50. The second kappa shape index (κ2) is 7.94. The van der Waals surface area contributed by atoms with Gasteiger partial charge >= 0.3 is 0 Å². The molecule has 186 valence electrons. The number of phenols is 1. The number of primary amides is 1. The van der Waals surface area contributed by atoms with E-state index >= 15 is 0 Å². The second-order valence-electron chi connectivity index (χ2n) is 10.0. The third-order valence-corrected chi connectivity index (χ3v) is 7.49. The molecule has 1 saturated carbocycles. The number of amides is 2. The van der Waals surface area contributed by atoms with Gasteiger partial charge in [0.2, 0.25) is 5.78 Å². The molecule has 0 aliphatic heterocycles. The maximum absolute atomic E-state index is 13.7. The minimum Gasteiger partial charge on any atom is -0.508 e. The Balaban J connectivity index is 1.98. The number of hydrogen-bond acceptors (Lipinski definition) is 8. The number of aromatic hydroxyl groups is 1. The van der Waals surface area contributed by atoms with E-state index in [1.807, 2.05) is 0 Å². The first-order valence-electron chi connectivity index (χ1n) is 11.3. The molecule has 0 unspecified atom stereocenters. The third-order valence-electron chi connectivity index (χ3n) is 7.49. The number of Topliss-reactive ketones (excluding diaryl/α,β-unsaturated/α-hetero) is 2. The number of carbonyl (C=O) groups is 4. The first-order chi connectivity index (χ1) is 16.2. The van der Waals surface area contributed by atoms with E-state index in [2.05, 4.69) is 0 Å². The fourth-order valence-corrected chi connectivity index (χ4v) is 5.93. The number of nitrogens with two attached hydrogens (primary N) is 1. The first kappa shape index (κ1) is 24.5. The molecule has 0 spiro atoms. The fourth-order valence-electron chi connectivity index (χ4n) is 5.93. The molecule has 2 amide bonds. The SMILES string of the molecule is CC(C)[C@@H]1C(=O)C(C(N)=O)=C(O)[C@@]2(O)C(=O)C3=C(O)c4c(O)ccc(C(=O)N(C)C)c4C[C@H]3C[C@@H]12. The van der Waals surface area contributed by atoms with Gasteiger partial charge in [-0.1, -0.05) is 13.8 Å². The van der Waals surface area contributed by atoms with Crippen LogP contribution < -0.4 is 5.73 Å². The monoisotopic (exact) mass is 484 g/mol. The molecule has 6 N–H and O–H groups in total. The number of aliphatic hydroxyl groups is 3. The number of ketones is 2. The highest BCUT2D eigenvalue weighted by Crippen LogP contribution is 2.54. The molecule has 0 saturated heterocycles. The van der Waals surface area contributed by atoms with Crippen molar-refractivity contribution in [1.29, 1.82) is 0 Å². The van der Waals surface area contributed by atoms with Crippen LogP contribution in [0.4, 0.5) is 0 Å². The van der Waals surface area contributed by atoms with Crippen molar-refractivity contribution in [2.45, 2.75) is 32.3 Å². The van der Waals surface area contributed by atoms with Gasteiger partial charge in [0.25, 0.3) is 11.8 Å². The summed E-state index contributed by atoms with van der Waals surface area (Å²) in [5, 5.41) is 44.1. The van der Waals surface area contributed by atoms with Gasteiger partial charge < -0.3 is 31.1 Å². The Kier molecular flexibility index (Phi) is 5.55. The van der Waals surface area contributed by atoms with Crippen LogP contribution in [0.15, 0.2) is 29.0 Å². The largest absolute Gasteiger partial charge is 0.508 e. The summed E-state index contributed by atoms with van der Waals surface area (Å²) in [7, 11) is 3.12. The van der Waals surface area contributed by atoms with Gasteiger partial charge in [-0.25, -0.2) is 0 Å². The second-order valence-corrected chi connectivity index (χ2v) is 10.0. The minimum atomic E-state index is -2.66. The summed E-state index contributed by atoms with van der Waals surface area (Å²) < 4.78 is 0. The van der Waals surface area contributed by atoms with Crippen LogP contribution in [0, 0.1) is 23.7 Å². The zero-order chi connectivity index (χ0) is 26.1. The molecule has 35 heavy (non-hydrogen) atoms. The predicted molar refractivity (Wildman–Crippen MR) is 123 cm³/mol. The number of fused-ring (bicyclic) bond motifs is 3. The number of hydrogen-bond donors (Lipinski definition) is 5. The number of benzene rings is 1. The van der Waals surface area contributed by atoms with Crippen LogP contribution in [0.5, 0.6) is 5.75 Å². The van der Waals surface area contributed by atoms with E-state index in [0.717, 1.165) is 0 Å². The van der Waals surface area contributed by atoms with E-state index in [9.17, 15) is 39.6 Å². The molecular formula is C25H28N2O8. The van der Waals surface area contributed by atoms with Gasteiger partial charge in [-0.3, -0.25) is 19.2 Å². The highest BCUT2D eigenvalue weighted by Gasteiger charge is 2.64. The lowest BCUT2D eigenvalue weighted by molar-refractivity contribution is -0.155. The van der Waals surface area contributed by atoms with Crippen molar-refractivity contribution in [1.82, 2.24) is 4.90 Å². The standard InChI is InChI=1S/C25H28N2O8/c1-9(2)15-13-8-10-7-12-11(24(34)27(3)4)5-6-14(28)17(12)20(30)16(10)21(31)25(13,35)22(32)18(19(15)29)23(26)33/h5-6,9-10,13,15,28,30,32,35H,7-8H2,1-4H3,(H2,26,33)/t10-,13-,15-,25-/m0/s1. The molecule has 1 aromatic rings. The maximum atomic E-state index is 13.7. The summed E-state index contributed by atoms with van der Waals surface area (Å²) in [6.45, 7) is 3.39. The van der Waals surface area contributed by atoms with E-state index in [1.54, 1.807) is 27.9 Å². The van der Waals surface area contributed by atoms with E-state index in [4.69, 9.17) is 5.73 Å². The number of rotatable bonds is 3. The summed E-state index contributed by atoms with van der Waals surface area (Å²) in [6.07, 6.45) is 0.0690. The van der Waals surface area contributed by atoms with Gasteiger partial charge in [-0.15, -0.1) is 0 Å². The predicted octanol–water partition coefficient (Wildman–Crippen LogP) is 1.01. The molecule has 10 heteroatoms. The number of phenolic OH excluding ortho intramolecular Hbond substituents is 1. The Morgan fingerprint density at radius 2 is 1.77 bits per heavy atom. The average Bonchev–Trinajstić information content (AvgIpc) is 2.75. The molecule has 0 aromatic heterocycles. The highest BCUT2D eigenvalue weighted by atomic mass is 16.3. The van der Waals surface area contributed by atoms with Crippen molar-refractivity contribution in [2.24, 2.45) is 29.4 Å². The molecular weight excluding hydrogens is 456 g/mol. The van der Waals surface area contributed by atoms with Crippen LogP contribution >= 0.6 is 0 Å². The van der Waals surface area contributed by atoms with Crippen LogP contribution in [0.1, 0.15) is 41.8 Å². The van der Waals surface area contributed by atoms with Crippen molar-refractivity contribution >= 4 is 29.1 Å². The van der Waals surface area contributed by atoms with Gasteiger partial charge in [-0.2, -0.15) is 0 Å². The van der Waals surface area contributed by atoms with Gasteiger partial charge in [0.05, 0.1) is 5.56 Å². The molecule has 1 fully saturated rings. The normalized spacial score (nSPS) is 28.0. The highest BCUT2D eigenvalue weighted by molar-refractivity contribution is 6.23. The Hall–Kier alpha value is -3.66. The Bertz CT molecular complexity index is 1260. The van der Waals surface area contributed by atoms with Crippen molar-refractivity contribution in [3.8, 4) is 5.75 Å². The molecule has 4 rings (SSSR count). The molecule has 0 bridgehead atoms. The van der Waals surface area contributed by atoms with Gasteiger partial charge in [0, 0.05) is 37.1 Å². The van der Waals surface area contributed by atoms with E-state index in [-0.39, 0.29) is 41.2 Å². The number of nitrogens with zero attached hydrogens (tertiary/aromatic N) is 1. The van der Waals surface area contributed by atoms with Crippen molar-refractivity contribution in [3.05, 3.63) is 45.7 Å². The van der Waals surface area contributed by atoms with Crippen molar-refractivity contribution in [2.75, 3.05) is 14.1 Å². The fraction of sp³-hybridized carbons (Fsp3) is 0.440. The third kappa shape index (κ3) is 3.19. The first-order valence-corrected chi connectivity index (χ1v) is 11.3. The average molecular weight is 485 g/mol. The molecule has 10 nitrogen and oxygen atoms in total. The summed E-state index contributed by atoms with van der Waals surface area (Å²) in [5.41, 5.74) is 2.07. The lowest BCUT2D eigenvalue weighted by atomic mass is 9.54. The topological polar surface area (TPSA) is 178 Å². The number of carbonyl (C=O) groups excluding carboxylic acids is 4. The molecule has 0 radical (unpaired) electrons. The Morgan fingerprint density at radius 3 is 2.31 bits per heavy atom. The van der Waals surface area contributed by atoms with Crippen LogP contribution in [0.2, 0.25) is 0 Å². The summed E-state index contributed by atoms with van der Waals surface area (Å²) >= 11 is 0. The molecule has 4 atom stereocenters. The quantitative estimate of drug-likeness (QED) is 0.394. The zero-order valence-corrected chi connectivity index (χ0v) is 19.8. The summed E-state index contributed by atoms with van der Waals surface area (Å²) in [6, 6.07) is 2.67. The van der Waals surface area contributed by atoms with Gasteiger partial charge in [0.15, 0.2) is 11.4 Å². The van der Waals surface area contributed by atoms with E-state index < -0.39 is 63.8 Å². The Labute approximate surface area is 201 Å². The van der Waals surface area contributed by atoms with Crippen LogP contribution in [0.25, 0.3) is 5.76 Å². The maximum Gasteiger partial charge on any atom is 0.255 e. The minimum absolute atomic E-state index is 0.00296. The summed E-state index contributed by atoms with van der Waals surface area (Å²) in [4.78, 5) is 53.0. The van der Waals surface area contributed by atoms with Gasteiger partial charge in [-0.05, 0) is 42.4 Å². The number of aliphatic hydroxyl groups excluding tert-OH is 2. The molecule has 0 heterocycles. The van der Waals surface area contributed by atoms with Gasteiger partial charge in [0.1, 0.15) is 22.8 Å². The van der Waals surface area contributed by atoms with E-state index in [1.165, 1.54) is 17.0 Å². The van der Waals surface area contributed by atoms with Crippen LogP contribution in [0.3, 0.4) is 0 Å². The van der Waals surface area contributed by atoms with Crippen molar-refractivity contribution in [3.63, 3.8) is 0 Å². The smallest absolute Gasteiger partial charge is 0.255 e. The molecule has 1 aromatic carbocycles. The van der Waals surface area contributed by atoms with Crippen LogP contribution in [-0.2, 0) is 20.8 Å². The van der Waals surface area contributed by atoms with Crippen LogP contribution in [-0.4, -0.2) is 68.4 Å². The Morgan fingerprint density at radius 1 is 1.14 bits per heavy atom. The molecule has 3 aliphatic rings. The lowest BCUT2D eigenvalue weighted by Crippen LogP contribution is -2.62. The van der Waals surface area contributed by atoms with E-state index in [0.29, 0.717) is 5.56 Å². The molecule has 3 aliphatic carbocycles. The summed E-state index contributed by atoms with van der Waals surface area (Å²) in [5.74, 6) is -8.78.